The maximum absolute atomic E-state index is 12.7. The third-order valence-electron chi connectivity index (χ3n) is 8.85. The van der Waals surface area contributed by atoms with Crippen LogP contribution < -0.4 is 10.6 Å². The summed E-state index contributed by atoms with van der Waals surface area (Å²) < 4.78 is 0. The second kappa shape index (κ2) is 7.97. The van der Waals surface area contributed by atoms with Gasteiger partial charge in [0.25, 0.3) is 11.8 Å². The van der Waals surface area contributed by atoms with Crippen molar-refractivity contribution < 1.29 is 9.59 Å². The largest absolute Gasteiger partial charge is 0.349 e. The lowest BCUT2D eigenvalue weighted by molar-refractivity contribution is 0.0898. The molecule has 30 heavy (non-hydrogen) atoms. The van der Waals surface area contributed by atoms with E-state index in [0.29, 0.717) is 23.1 Å². The van der Waals surface area contributed by atoms with Crippen LogP contribution in [0.3, 0.4) is 0 Å². The number of nitrogens with zero attached hydrogens (tertiary/aromatic N) is 1. The highest BCUT2D eigenvalue weighted by molar-refractivity contribution is 5.96. The minimum absolute atomic E-state index is 0.0833. The van der Waals surface area contributed by atoms with Gasteiger partial charge in [-0.15, -0.1) is 0 Å². The highest BCUT2D eigenvalue weighted by Crippen LogP contribution is 2.50. The van der Waals surface area contributed by atoms with Gasteiger partial charge >= 0.3 is 0 Å². The molecule has 5 nitrogen and oxygen atoms in total. The van der Waals surface area contributed by atoms with Crippen molar-refractivity contribution in [2.24, 2.45) is 35.5 Å². The number of hydrogen-bond acceptors (Lipinski definition) is 3. The number of hydrogen-bond donors (Lipinski definition) is 2. The van der Waals surface area contributed by atoms with Crippen molar-refractivity contribution in [3.63, 3.8) is 0 Å². The summed E-state index contributed by atoms with van der Waals surface area (Å²) in [6.07, 6.45) is 12.1. The Labute approximate surface area is 179 Å². The molecule has 4 aliphatic rings. The van der Waals surface area contributed by atoms with Gasteiger partial charge in [0.15, 0.2) is 0 Å². The quantitative estimate of drug-likeness (QED) is 0.740. The van der Waals surface area contributed by atoms with Gasteiger partial charge in [-0.25, -0.2) is 0 Å². The van der Waals surface area contributed by atoms with Crippen LogP contribution in [0, 0.1) is 35.5 Å². The smallest absolute Gasteiger partial charge is 0.270 e. The van der Waals surface area contributed by atoms with E-state index in [9.17, 15) is 9.59 Å². The molecule has 0 aliphatic heterocycles. The number of pyridine rings is 1. The Morgan fingerprint density at radius 3 is 1.83 bits per heavy atom. The zero-order valence-corrected chi connectivity index (χ0v) is 18.3. The van der Waals surface area contributed by atoms with Gasteiger partial charge in [-0.2, -0.15) is 0 Å². The lowest BCUT2D eigenvalue weighted by Crippen LogP contribution is -2.41. The molecule has 2 N–H and O–H groups in total. The van der Waals surface area contributed by atoms with Gasteiger partial charge < -0.3 is 10.6 Å². The first-order chi connectivity index (χ1) is 14.5. The van der Waals surface area contributed by atoms with Crippen LogP contribution in [0.2, 0.25) is 0 Å². The van der Waals surface area contributed by atoms with Gasteiger partial charge in [0, 0.05) is 18.3 Å². The maximum atomic E-state index is 12.7. The van der Waals surface area contributed by atoms with Crippen LogP contribution in [0.15, 0.2) is 18.3 Å². The molecule has 0 spiro atoms. The summed E-state index contributed by atoms with van der Waals surface area (Å²) in [7, 11) is 0. The second-order valence-corrected chi connectivity index (χ2v) is 10.6. The van der Waals surface area contributed by atoms with Gasteiger partial charge in [0.2, 0.25) is 0 Å². The molecule has 8 atom stereocenters. The van der Waals surface area contributed by atoms with E-state index in [1.807, 2.05) is 0 Å². The Morgan fingerprint density at radius 1 is 0.833 bits per heavy atom. The zero-order chi connectivity index (χ0) is 20.8. The van der Waals surface area contributed by atoms with Crippen molar-refractivity contribution in [1.29, 1.82) is 0 Å². The van der Waals surface area contributed by atoms with E-state index < -0.39 is 0 Å². The van der Waals surface area contributed by atoms with E-state index in [1.54, 1.807) is 18.3 Å². The number of aromatic nitrogens is 1. The summed E-state index contributed by atoms with van der Waals surface area (Å²) in [5.74, 6) is 4.31. The zero-order valence-electron chi connectivity index (χ0n) is 18.3. The fourth-order valence-corrected chi connectivity index (χ4v) is 7.26. The molecular formula is C25H35N3O2. The summed E-state index contributed by atoms with van der Waals surface area (Å²) in [4.78, 5) is 29.6. The predicted molar refractivity (Wildman–Crippen MR) is 116 cm³/mol. The topological polar surface area (TPSA) is 71.1 Å². The van der Waals surface area contributed by atoms with Gasteiger partial charge in [-0.05, 0) is 100 Å². The molecule has 4 aliphatic carbocycles. The Bertz CT molecular complexity index is 740. The predicted octanol–water partition coefficient (Wildman–Crippen LogP) is 4.19. The molecule has 4 bridgehead atoms. The lowest BCUT2D eigenvalue weighted by Gasteiger charge is -2.28. The molecule has 4 fully saturated rings. The van der Waals surface area contributed by atoms with E-state index in [-0.39, 0.29) is 23.9 Å². The van der Waals surface area contributed by atoms with Gasteiger partial charge in [-0.3, -0.25) is 14.6 Å². The molecule has 1 aromatic rings. The van der Waals surface area contributed by atoms with Gasteiger partial charge in [0.1, 0.15) is 5.69 Å². The van der Waals surface area contributed by atoms with Crippen LogP contribution in [-0.4, -0.2) is 28.9 Å². The molecule has 0 radical (unpaired) electrons. The first-order valence-corrected chi connectivity index (χ1v) is 12.1. The van der Waals surface area contributed by atoms with Crippen molar-refractivity contribution in [3.8, 4) is 0 Å². The third-order valence-corrected chi connectivity index (χ3v) is 8.85. The summed E-state index contributed by atoms with van der Waals surface area (Å²) >= 11 is 0. The summed E-state index contributed by atoms with van der Waals surface area (Å²) in [6.45, 7) is 4.26. The number of rotatable bonds is 6. The molecule has 0 saturated heterocycles. The van der Waals surface area contributed by atoms with Crippen LogP contribution in [-0.2, 0) is 0 Å². The number of amides is 2. The number of carbonyl (C=O) groups excluding carboxylic acids is 2. The Balaban J connectivity index is 1.15. The molecule has 1 heterocycles. The number of fused-ring (bicyclic) bond motifs is 4. The average molecular weight is 410 g/mol. The summed E-state index contributed by atoms with van der Waals surface area (Å²) in [5.41, 5.74) is 0.922. The molecule has 5 rings (SSSR count). The van der Waals surface area contributed by atoms with Crippen LogP contribution in [0.25, 0.3) is 0 Å². The van der Waals surface area contributed by atoms with Crippen molar-refractivity contribution in [1.82, 2.24) is 15.6 Å². The summed E-state index contributed by atoms with van der Waals surface area (Å²) in [5, 5.41) is 6.33. The Kier molecular flexibility index (Phi) is 5.32. The fraction of sp³-hybridized carbons (Fsp3) is 0.720. The van der Waals surface area contributed by atoms with Gasteiger partial charge in [-0.1, -0.05) is 12.8 Å². The standard InChI is InChI=1S/C25H35N3O2/c1-14(21-11-16-3-5-18(21)9-16)27-24(29)20-7-8-23(26-13-20)25(30)28-15(2)22-12-17-4-6-19(22)10-17/h7-8,13-19,21-22H,3-6,9-12H2,1-2H3,(H,27,29)(H,28,30)/t14-,15+,16-,17-,18-,19-,21-,22+/m1/s1. The molecule has 1 aromatic heterocycles. The average Bonchev–Trinajstić information content (AvgIpc) is 3.55. The van der Waals surface area contributed by atoms with Crippen LogP contribution >= 0.6 is 0 Å². The monoisotopic (exact) mass is 409 g/mol. The molecule has 0 aromatic carbocycles. The minimum Gasteiger partial charge on any atom is -0.349 e. The fourth-order valence-electron chi connectivity index (χ4n) is 7.26. The molecule has 2 amide bonds. The Hall–Kier alpha value is -1.91. The van der Waals surface area contributed by atoms with Crippen LogP contribution in [0.4, 0.5) is 0 Å². The van der Waals surface area contributed by atoms with E-state index >= 15 is 0 Å². The number of nitrogens with one attached hydrogen (secondary N) is 2. The summed E-state index contributed by atoms with van der Waals surface area (Å²) in [6, 6.07) is 3.78. The molecule has 162 valence electrons. The van der Waals surface area contributed by atoms with Crippen LogP contribution in [0.1, 0.15) is 86.1 Å². The van der Waals surface area contributed by atoms with E-state index in [4.69, 9.17) is 0 Å². The van der Waals surface area contributed by atoms with E-state index in [2.05, 4.69) is 29.5 Å². The van der Waals surface area contributed by atoms with Crippen LogP contribution in [0.5, 0.6) is 0 Å². The number of carbonyl (C=O) groups is 2. The molecule has 5 heteroatoms. The molecule has 4 saturated carbocycles. The minimum atomic E-state index is -0.132. The molecular weight excluding hydrogens is 374 g/mol. The lowest BCUT2D eigenvalue weighted by atomic mass is 9.84. The van der Waals surface area contributed by atoms with E-state index in [1.165, 1.54) is 51.4 Å². The SMILES string of the molecule is C[C@H](NC(=O)c1ccc(C(=O)N[C@H](C)[C@H]2C[C@@H]3CC[C@@H]2C3)cn1)[C@@H]1C[C@@H]2CC[C@@H]1C2. The molecule has 0 unspecified atom stereocenters. The van der Waals surface area contributed by atoms with Gasteiger partial charge in [0.05, 0.1) is 5.56 Å². The van der Waals surface area contributed by atoms with Crippen molar-refractivity contribution in [2.45, 2.75) is 77.3 Å². The third kappa shape index (κ3) is 3.76. The van der Waals surface area contributed by atoms with Crippen molar-refractivity contribution >= 4 is 11.8 Å². The van der Waals surface area contributed by atoms with Crippen molar-refractivity contribution in [3.05, 3.63) is 29.6 Å². The highest BCUT2D eigenvalue weighted by Gasteiger charge is 2.43. The second-order valence-electron chi connectivity index (χ2n) is 10.6. The van der Waals surface area contributed by atoms with E-state index in [0.717, 1.165) is 23.7 Å². The first-order valence-electron chi connectivity index (χ1n) is 12.1. The first kappa shape index (κ1) is 20.0. The normalized spacial score (nSPS) is 35.9. The Morgan fingerprint density at radius 2 is 1.40 bits per heavy atom. The van der Waals surface area contributed by atoms with Crippen molar-refractivity contribution in [2.75, 3.05) is 0 Å². The highest BCUT2D eigenvalue weighted by atomic mass is 16.2. The maximum Gasteiger partial charge on any atom is 0.270 e.